The van der Waals surface area contributed by atoms with Crippen molar-refractivity contribution in [1.29, 1.82) is 0 Å². The first kappa shape index (κ1) is 18.8. The fourth-order valence-corrected chi connectivity index (χ4v) is 3.38. The van der Waals surface area contributed by atoms with Gasteiger partial charge in [-0.25, -0.2) is 8.42 Å². The molecule has 0 aliphatic heterocycles. The number of aliphatic hydroxyl groups is 1. The molecule has 0 saturated heterocycles. The number of Topliss-reactive ketones (excluding diaryl/α,β-unsaturated/α-hetero) is 1. The molecule has 0 aliphatic rings. The zero-order valence-electron chi connectivity index (χ0n) is 13.4. The predicted octanol–water partition coefficient (Wildman–Crippen LogP) is 1.47. The van der Waals surface area contributed by atoms with Crippen molar-refractivity contribution in [3.05, 3.63) is 35.9 Å². The number of nitrogens with zero attached hydrogens (tertiary/aromatic N) is 1. The maximum atomic E-state index is 11.6. The molecule has 1 N–H and O–H groups in total. The molecule has 6 heteroatoms. The van der Waals surface area contributed by atoms with E-state index in [0.29, 0.717) is 13.0 Å². The molecule has 0 amide bonds. The second-order valence-corrected chi connectivity index (χ2v) is 7.62. The van der Waals surface area contributed by atoms with Crippen LogP contribution in [-0.4, -0.2) is 49.1 Å². The minimum absolute atomic E-state index is 0.0117. The van der Waals surface area contributed by atoms with Crippen molar-refractivity contribution >= 4 is 15.8 Å². The van der Waals surface area contributed by atoms with Gasteiger partial charge < -0.3 is 9.90 Å². The van der Waals surface area contributed by atoms with Gasteiger partial charge in [0.05, 0.1) is 12.4 Å². The third-order valence-electron chi connectivity index (χ3n) is 3.65. The molecule has 0 unspecified atom stereocenters. The van der Waals surface area contributed by atoms with Gasteiger partial charge in [0.15, 0.2) is 0 Å². The van der Waals surface area contributed by atoms with Crippen LogP contribution in [0.25, 0.3) is 0 Å². The Bertz CT molecular complexity index is 571. The summed E-state index contributed by atoms with van der Waals surface area (Å²) in [6.45, 7) is 3.53. The van der Waals surface area contributed by atoms with Gasteiger partial charge in [0, 0.05) is 19.5 Å². The molecular formula is C16H25NO4S. The largest absolute Gasteiger partial charge is 0.391 e. The second kappa shape index (κ2) is 8.41. The van der Waals surface area contributed by atoms with Crippen molar-refractivity contribution in [3.8, 4) is 0 Å². The number of hydrogen-bond acceptors (Lipinski definition) is 4. The van der Waals surface area contributed by atoms with Gasteiger partial charge in [-0.2, -0.15) is 4.31 Å². The molecule has 2 atom stereocenters. The summed E-state index contributed by atoms with van der Waals surface area (Å²) in [6, 6.07) is 9.59. The Hall–Kier alpha value is -1.24. The van der Waals surface area contributed by atoms with E-state index in [1.54, 1.807) is 6.92 Å². The van der Waals surface area contributed by atoms with E-state index in [-0.39, 0.29) is 24.7 Å². The number of ketones is 1. The van der Waals surface area contributed by atoms with Crippen molar-refractivity contribution in [2.45, 2.75) is 32.8 Å². The van der Waals surface area contributed by atoms with E-state index < -0.39 is 16.1 Å². The number of carbonyl (C=O) groups is 1. The lowest BCUT2D eigenvalue weighted by atomic mass is 9.89. The lowest BCUT2D eigenvalue weighted by Crippen LogP contribution is -2.40. The fourth-order valence-electron chi connectivity index (χ4n) is 2.49. The van der Waals surface area contributed by atoms with Gasteiger partial charge in [-0.1, -0.05) is 37.3 Å². The number of sulfonamides is 1. The highest BCUT2D eigenvalue weighted by atomic mass is 32.2. The van der Waals surface area contributed by atoms with Crippen LogP contribution in [-0.2, 0) is 21.2 Å². The first-order valence-corrected chi connectivity index (χ1v) is 9.25. The standard InChI is InChI=1S/C16H25NO4S/c1-4-17(22(3,20)21)12-16(19)15(10-13(2)18)11-14-8-6-5-7-9-14/h5-9,15-16,19H,4,10-12H2,1-3H3/t15-,16+/m0/s1. The van der Waals surface area contributed by atoms with Gasteiger partial charge in [0.2, 0.25) is 10.0 Å². The molecular weight excluding hydrogens is 302 g/mol. The Morgan fingerprint density at radius 3 is 2.32 bits per heavy atom. The van der Waals surface area contributed by atoms with Crippen LogP contribution >= 0.6 is 0 Å². The average molecular weight is 327 g/mol. The molecule has 5 nitrogen and oxygen atoms in total. The summed E-state index contributed by atoms with van der Waals surface area (Å²) in [5.74, 6) is -0.307. The molecule has 0 heterocycles. The normalized spacial score (nSPS) is 14.8. The van der Waals surface area contributed by atoms with Crippen molar-refractivity contribution in [2.24, 2.45) is 5.92 Å². The van der Waals surface area contributed by atoms with Crippen molar-refractivity contribution in [3.63, 3.8) is 0 Å². The molecule has 1 aromatic carbocycles. The summed E-state index contributed by atoms with van der Waals surface area (Å²) in [4.78, 5) is 11.5. The van der Waals surface area contributed by atoms with Gasteiger partial charge >= 0.3 is 0 Å². The molecule has 1 aromatic rings. The van der Waals surface area contributed by atoms with Crippen LogP contribution in [0.1, 0.15) is 25.8 Å². The highest BCUT2D eigenvalue weighted by Gasteiger charge is 2.26. The predicted molar refractivity (Wildman–Crippen MR) is 87.0 cm³/mol. The minimum atomic E-state index is -3.36. The number of benzene rings is 1. The summed E-state index contributed by atoms with van der Waals surface area (Å²) >= 11 is 0. The van der Waals surface area contributed by atoms with Crippen LogP contribution in [0.2, 0.25) is 0 Å². The van der Waals surface area contributed by atoms with Crippen LogP contribution in [0.5, 0.6) is 0 Å². The van der Waals surface area contributed by atoms with Gasteiger partial charge in [-0.3, -0.25) is 0 Å². The van der Waals surface area contributed by atoms with Crippen LogP contribution in [0.3, 0.4) is 0 Å². The van der Waals surface area contributed by atoms with Crippen LogP contribution < -0.4 is 0 Å². The second-order valence-electron chi connectivity index (χ2n) is 5.64. The Balaban J connectivity index is 2.84. The van der Waals surface area contributed by atoms with Crippen LogP contribution in [0, 0.1) is 5.92 Å². The Morgan fingerprint density at radius 2 is 1.86 bits per heavy atom. The molecule has 1 rings (SSSR count). The maximum absolute atomic E-state index is 11.6. The smallest absolute Gasteiger partial charge is 0.211 e. The van der Waals surface area contributed by atoms with E-state index >= 15 is 0 Å². The summed E-state index contributed by atoms with van der Waals surface area (Å²) in [5, 5.41) is 10.4. The number of aliphatic hydroxyl groups excluding tert-OH is 1. The summed E-state index contributed by atoms with van der Waals surface area (Å²) in [7, 11) is -3.36. The maximum Gasteiger partial charge on any atom is 0.211 e. The highest BCUT2D eigenvalue weighted by Crippen LogP contribution is 2.18. The first-order chi connectivity index (χ1) is 10.2. The van der Waals surface area contributed by atoms with E-state index in [2.05, 4.69) is 0 Å². The Morgan fingerprint density at radius 1 is 1.27 bits per heavy atom. The van der Waals surface area contributed by atoms with E-state index in [9.17, 15) is 18.3 Å². The molecule has 0 saturated carbocycles. The van der Waals surface area contributed by atoms with Gasteiger partial charge in [0.1, 0.15) is 5.78 Å². The first-order valence-electron chi connectivity index (χ1n) is 7.40. The van der Waals surface area contributed by atoms with Gasteiger partial charge in [-0.15, -0.1) is 0 Å². The third-order valence-corrected chi connectivity index (χ3v) is 4.99. The fraction of sp³-hybridized carbons (Fsp3) is 0.562. The molecule has 0 aliphatic carbocycles. The summed E-state index contributed by atoms with van der Waals surface area (Å²) < 4.78 is 24.5. The van der Waals surface area contributed by atoms with Crippen molar-refractivity contribution in [2.75, 3.05) is 19.3 Å². The van der Waals surface area contributed by atoms with E-state index in [4.69, 9.17) is 0 Å². The topological polar surface area (TPSA) is 74.7 Å². The van der Waals surface area contributed by atoms with Crippen molar-refractivity contribution in [1.82, 2.24) is 4.31 Å². The Kier molecular flexibility index (Phi) is 7.19. The number of carbonyl (C=O) groups excluding carboxylic acids is 1. The number of likely N-dealkylation sites (N-methyl/N-ethyl adjacent to an activating group) is 1. The zero-order valence-corrected chi connectivity index (χ0v) is 14.2. The van der Waals surface area contributed by atoms with E-state index in [0.717, 1.165) is 11.8 Å². The number of rotatable bonds is 9. The molecule has 0 fully saturated rings. The lowest BCUT2D eigenvalue weighted by Gasteiger charge is -2.27. The van der Waals surface area contributed by atoms with E-state index in [1.807, 2.05) is 30.3 Å². The quantitative estimate of drug-likeness (QED) is 0.745. The SMILES string of the molecule is CCN(C[C@@H](O)[C@@H](CC(C)=O)Cc1ccccc1)S(C)(=O)=O. The molecule has 0 spiro atoms. The molecule has 0 aromatic heterocycles. The summed E-state index contributed by atoms with van der Waals surface area (Å²) in [6.07, 6.45) is 1.03. The van der Waals surface area contributed by atoms with Crippen molar-refractivity contribution < 1.29 is 18.3 Å². The molecule has 0 bridgehead atoms. The summed E-state index contributed by atoms with van der Waals surface area (Å²) in [5.41, 5.74) is 1.02. The van der Waals surface area contributed by atoms with E-state index in [1.165, 1.54) is 11.2 Å². The average Bonchev–Trinajstić information content (AvgIpc) is 2.43. The third kappa shape index (κ3) is 6.25. The number of hydrogen-bond donors (Lipinski definition) is 1. The highest BCUT2D eigenvalue weighted by molar-refractivity contribution is 7.88. The lowest BCUT2D eigenvalue weighted by molar-refractivity contribution is -0.118. The van der Waals surface area contributed by atoms with Crippen LogP contribution in [0.4, 0.5) is 0 Å². The van der Waals surface area contributed by atoms with Gasteiger partial charge in [-0.05, 0) is 24.8 Å². The zero-order chi connectivity index (χ0) is 16.8. The monoisotopic (exact) mass is 327 g/mol. The van der Waals surface area contributed by atoms with Gasteiger partial charge in [0.25, 0.3) is 0 Å². The molecule has 0 radical (unpaired) electrons. The molecule has 124 valence electrons. The molecule has 22 heavy (non-hydrogen) atoms. The minimum Gasteiger partial charge on any atom is -0.391 e. The Labute approximate surface area is 133 Å². The van der Waals surface area contributed by atoms with Crippen LogP contribution in [0.15, 0.2) is 30.3 Å².